The maximum Gasteiger partial charge on any atom is 0.303 e. The van der Waals surface area contributed by atoms with E-state index < -0.39 is 5.97 Å². The fraction of sp³-hybridized carbons (Fsp3) is 0.231. The van der Waals surface area contributed by atoms with Crippen molar-refractivity contribution in [2.75, 3.05) is 5.73 Å². The first kappa shape index (κ1) is 13.6. The predicted molar refractivity (Wildman–Crippen MR) is 76.4 cm³/mol. The lowest BCUT2D eigenvalue weighted by Gasteiger charge is -2.07. The molecule has 3 N–H and O–H groups in total. The molecule has 1 heterocycles. The average molecular weight is 324 g/mol. The van der Waals surface area contributed by atoms with Gasteiger partial charge in [0.2, 0.25) is 0 Å². The van der Waals surface area contributed by atoms with Gasteiger partial charge in [-0.1, -0.05) is 15.9 Å². The van der Waals surface area contributed by atoms with E-state index in [9.17, 15) is 4.79 Å². The lowest BCUT2D eigenvalue weighted by Crippen LogP contribution is -2.04. The second-order valence-electron chi connectivity index (χ2n) is 4.30. The van der Waals surface area contributed by atoms with E-state index >= 15 is 0 Å². The maximum atomic E-state index is 10.6. The number of aromatic nitrogens is 2. The van der Waals surface area contributed by atoms with Crippen LogP contribution in [0.2, 0.25) is 0 Å². The van der Waals surface area contributed by atoms with Gasteiger partial charge in [0.05, 0.1) is 17.8 Å². The molecule has 0 bridgehead atoms. The first-order valence-electron chi connectivity index (χ1n) is 5.80. The molecule has 0 saturated carbocycles. The highest BCUT2D eigenvalue weighted by atomic mass is 79.9. The topological polar surface area (TPSA) is 81.1 Å². The number of aliphatic carboxylic acids is 1. The molecular weight excluding hydrogens is 310 g/mol. The number of nitrogen functional groups attached to an aromatic ring is 1. The van der Waals surface area contributed by atoms with Gasteiger partial charge in [0.15, 0.2) is 0 Å². The monoisotopic (exact) mass is 323 g/mol. The van der Waals surface area contributed by atoms with Gasteiger partial charge >= 0.3 is 5.97 Å². The van der Waals surface area contributed by atoms with Gasteiger partial charge < -0.3 is 10.8 Å². The number of nitrogens with zero attached hydrogens (tertiary/aromatic N) is 2. The Labute approximate surface area is 119 Å². The smallest absolute Gasteiger partial charge is 0.303 e. The Balaban J connectivity index is 2.32. The number of aryl methyl sites for hydroxylation is 2. The molecule has 0 aliphatic rings. The minimum Gasteiger partial charge on any atom is -0.481 e. The molecule has 5 nitrogen and oxygen atoms in total. The quantitative estimate of drug-likeness (QED) is 0.905. The number of hydrogen-bond acceptors (Lipinski definition) is 3. The van der Waals surface area contributed by atoms with Gasteiger partial charge in [0, 0.05) is 17.0 Å². The number of halogens is 1. The summed E-state index contributed by atoms with van der Waals surface area (Å²) in [6.45, 7) is 1.97. The number of nitrogens with two attached hydrogens (primary N) is 1. The largest absolute Gasteiger partial charge is 0.481 e. The number of carboxylic acids is 1. The van der Waals surface area contributed by atoms with E-state index in [1.54, 1.807) is 10.7 Å². The average Bonchev–Trinajstić information content (AvgIpc) is 2.68. The van der Waals surface area contributed by atoms with Crippen molar-refractivity contribution in [3.8, 4) is 5.69 Å². The molecule has 0 aliphatic carbocycles. The number of carbonyl (C=O) groups is 1. The molecule has 0 amide bonds. The van der Waals surface area contributed by atoms with Gasteiger partial charge in [-0.2, -0.15) is 5.10 Å². The van der Waals surface area contributed by atoms with Crippen LogP contribution in [-0.4, -0.2) is 20.9 Å². The van der Waals surface area contributed by atoms with Crippen LogP contribution in [0.4, 0.5) is 5.82 Å². The van der Waals surface area contributed by atoms with Gasteiger partial charge in [-0.15, -0.1) is 0 Å². The van der Waals surface area contributed by atoms with Crippen molar-refractivity contribution >= 4 is 27.7 Å². The van der Waals surface area contributed by atoms with Crippen LogP contribution in [0.3, 0.4) is 0 Å². The van der Waals surface area contributed by atoms with Crippen molar-refractivity contribution in [3.05, 3.63) is 40.0 Å². The van der Waals surface area contributed by atoms with Crippen molar-refractivity contribution in [1.82, 2.24) is 9.78 Å². The summed E-state index contributed by atoms with van der Waals surface area (Å²) in [7, 11) is 0. The summed E-state index contributed by atoms with van der Waals surface area (Å²) in [5.74, 6) is -0.334. The maximum absolute atomic E-state index is 10.6. The summed E-state index contributed by atoms with van der Waals surface area (Å²) in [6, 6.07) is 7.53. The number of rotatable bonds is 4. The van der Waals surface area contributed by atoms with E-state index in [2.05, 4.69) is 21.0 Å². The molecular formula is C13H14BrN3O2. The predicted octanol–water partition coefficient (Wildman–Crippen LogP) is 2.54. The highest BCUT2D eigenvalue weighted by Gasteiger charge is 2.10. The molecule has 19 heavy (non-hydrogen) atoms. The summed E-state index contributed by atoms with van der Waals surface area (Å²) >= 11 is 3.41. The molecule has 0 unspecified atom stereocenters. The lowest BCUT2D eigenvalue weighted by atomic mass is 10.2. The minimum absolute atomic E-state index is 0.0514. The number of benzene rings is 1. The lowest BCUT2D eigenvalue weighted by molar-refractivity contribution is -0.136. The second-order valence-corrected chi connectivity index (χ2v) is 5.21. The number of carboxylic acid groups (broad SMARTS) is 1. The van der Waals surface area contributed by atoms with E-state index in [0.29, 0.717) is 17.9 Å². The zero-order chi connectivity index (χ0) is 14.0. The summed E-state index contributed by atoms with van der Waals surface area (Å²) in [4.78, 5) is 10.6. The van der Waals surface area contributed by atoms with Gasteiger partial charge in [0.25, 0.3) is 0 Å². The van der Waals surface area contributed by atoms with E-state index in [-0.39, 0.29) is 6.42 Å². The molecule has 6 heteroatoms. The number of anilines is 1. The van der Waals surface area contributed by atoms with E-state index in [1.165, 1.54) is 0 Å². The van der Waals surface area contributed by atoms with Crippen LogP contribution in [0.25, 0.3) is 5.69 Å². The Morgan fingerprint density at radius 2 is 2.21 bits per heavy atom. The Hall–Kier alpha value is -1.82. The third-order valence-corrected chi connectivity index (χ3v) is 3.26. The molecule has 1 aromatic carbocycles. The third-order valence-electron chi connectivity index (χ3n) is 2.77. The second kappa shape index (κ2) is 5.44. The fourth-order valence-corrected chi connectivity index (χ4v) is 2.33. The van der Waals surface area contributed by atoms with Crippen LogP contribution in [0, 0.1) is 6.92 Å². The molecule has 2 rings (SSSR count). The Bertz CT molecular complexity index is 622. The van der Waals surface area contributed by atoms with Crippen LogP contribution >= 0.6 is 15.9 Å². The van der Waals surface area contributed by atoms with Crippen LogP contribution in [-0.2, 0) is 11.2 Å². The standard InChI is InChI=1S/C13H14BrN3O2/c1-8-6-9(14)2-4-11(8)17-12(15)7-10(16-17)3-5-13(18)19/h2,4,6-7H,3,5,15H2,1H3,(H,18,19). The molecule has 0 saturated heterocycles. The van der Waals surface area contributed by atoms with Crippen LogP contribution in [0.1, 0.15) is 17.7 Å². The molecule has 0 atom stereocenters. The molecule has 1 aromatic heterocycles. The normalized spacial score (nSPS) is 10.6. The highest BCUT2D eigenvalue weighted by Crippen LogP contribution is 2.22. The zero-order valence-electron chi connectivity index (χ0n) is 10.4. The number of hydrogen-bond donors (Lipinski definition) is 2. The third kappa shape index (κ3) is 3.14. The molecule has 0 radical (unpaired) electrons. The summed E-state index contributed by atoms with van der Waals surface area (Å²) < 4.78 is 2.63. The minimum atomic E-state index is -0.840. The first-order valence-corrected chi connectivity index (χ1v) is 6.59. The molecule has 0 aliphatic heterocycles. The fourth-order valence-electron chi connectivity index (χ4n) is 1.85. The van der Waals surface area contributed by atoms with Gasteiger partial charge in [-0.3, -0.25) is 4.79 Å². The van der Waals surface area contributed by atoms with Gasteiger partial charge in [-0.05, 0) is 30.7 Å². The Morgan fingerprint density at radius 3 is 2.84 bits per heavy atom. The molecule has 0 spiro atoms. The SMILES string of the molecule is Cc1cc(Br)ccc1-n1nc(CCC(=O)O)cc1N. The molecule has 2 aromatic rings. The highest BCUT2D eigenvalue weighted by molar-refractivity contribution is 9.10. The molecule has 100 valence electrons. The van der Waals surface area contributed by atoms with Gasteiger partial charge in [-0.25, -0.2) is 4.68 Å². The van der Waals surface area contributed by atoms with Crippen LogP contribution in [0.5, 0.6) is 0 Å². The van der Waals surface area contributed by atoms with E-state index in [4.69, 9.17) is 10.8 Å². The van der Waals surface area contributed by atoms with Crippen molar-refractivity contribution < 1.29 is 9.90 Å². The van der Waals surface area contributed by atoms with Crippen molar-refractivity contribution in [1.29, 1.82) is 0 Å². The summed E-state index contributed by atoms with van der Waals surface area (Å²) in [5, 5.41) is 13.0. The Morgan fingerprint density at radius 1 is 1.47 bits per heavy atom. The van der Waals surface area contributed by atoms with Crippen LogP contribution in [0.15, 0.2) is 28.7 Å². The van der Waals surface area contributed by atoms with Crippen molar-refractivity contribution in [2.45, 2.75) is 19.8 Å². The Kier molecular flexibility index (Phi) is 3.90. The van der Waals surface area contributed by atoms with Crippen molar-refractivity contribution in [3.63, 3.8) is 0 Å². The first-order chi connectivity index (χ1) is 8.97. The summed E-state index contributed by atoms with van der Waals surface area (Å²) in [5.41, 5.74) is 8.54. The summed E-state index contributed by atoms with van der Waals surface area (Å²) in [6.07, 6.45) is 0.428. The molecule has 0 fully saturated rings. The zero-order valence-corrected chi connectivity index (χ0v) is 12.0. The van der Waals surface area contributed by atoms with Crippen molar-refractivity contribution in [2.24, 2.45) is 0 Å². The van der Waals surface area contributed by atoms with E-state index in [0.717, 1.165) is 15.7 Å². The van der Waals surface area contributed by atoms with Gasteiger partial charge in [0.1, 0.15) is 5.82 Å². The van der Waals surface area contributed by atoms with E-state index in [1.807, 2.05) is 25.1 Å². The van der Waals surface area contributed by atoms with Crippen LogP contribution < -0.4 is 5.73 Å².